The summed E-state index contributed by atoms with van der Waals surface area (Å²) in [4.78, 5) is 0. The molecule has 114 valence electrons. The monoisotopic (exact) mass is 287 g/mol. The summed E-state index contributed by atoms with van der Waals surface area (Å²) in [5.74, 6) is 0.623. The van der Waals surface area contributed by atoms with E-state index in [0.717, 1.165) is 30.9 Å². The number of nitrogens with one attached hydrogen (secondary N) is 1. The Labute approximate surface area is 119 Å². The molecule has 20 heavy (non-hydrogen) atoms. The molecule has 1 N–H and O–H groups in total. The summed E-state index contributed by atoms with van der Waals surface area (Å²) in [6.45, 7) is 4.32. The normalized spacial score (nSPS) is 13.8. The first-order valence-electron chi connectivity index (χ1n) is 7.24. The van der Waals surface area contributed by atoms with Crippen LogP contribution in [0.2, 0.25) is 0 Å². The first-order chi connectivity index (χ1) is 9.40. The van der Waals surface area contributed by atoms with Crippen molar-refractivity contribution in [1.82, 2.24) is 5.32 Å². The molecule has 4 heteroatoms. The van der Waals surface area contributed by atoms with Crippen molar-refractivity contribution in [3.63, 3.8) is 0 Å². The van der Waals surface area contributed by atoms with E-state index in [1.165, 1.54) is 12.1 Å². The molecule has 1 unspecified atom stereocenters. The highest BCUT2D eigenvalue weighted by molar-refractivity contribution is 5.26. The van der Waals surface area contributed by atoms with Gasteiger partial charge < -0.3 is 5.32 Å². The van der Waals surface area contributed by atoms with E-state index in [9.17, 15) is 13.2 Å². The SMILES string of the molecule is CCC(CC)CC(Cc1cccc(C(F)(F)F)c1)NC. The van der Waals surface area contributed by atoms with Crippen molar-refractivity contribution in [2.24, 2.45) is 5.92 Å². The number of hydrogen-bond donors (Lipinski definition) is 1. The molecule has 0 amide bonds. The van der Waals surface area contributed by atoms with E-state index in [1.54, 1.807) is 6.07 Å². The molecule has 0 fully saturated rings. The third-order valence-electron chi connectivity index (χ3n) is 3.92. The van der Waals surface area contributed by atoms with Crippen LogP contribution < -0.4 is 5.32 Å². The molecule has 1 aromatic rings. The quantitative estimate of drug-likeness (QED) is 0.769. The lowest BCUT2D eigenvalue weighted by Gasteiger charge is -2.22. The van der Waals surface area contributed by atoms with E-state index in [-0.39, 0.29) is 6.04 Å². The molecule has 0 aromatic heterocycles. The van der Waals surface area contributed by atoms with Crippen molar-refractivity contribution >= 4 is 0 Å². The topological polar surface area (TPSA) is 12.0 Å². The molecule has 1 atom stereocenters. The van der Waals surface area contributed by atoms with Crippen molar-refractivity contribution in [3.05, 3.63) is 35.4 Å². The van der Waals surface area contributed by atoms with E-state index >= 15 is 0 Å². The van der Waals surface area contributed by atoms with Crippen molar-refractivity contribution in [3.8, 4) is 0 Å². The summed E-state index contributed by atoms with van der Waals surface area (Å²) in [6, 6.07) is 5.87. The minimum absolute atomic E-state index is 0.225. The van der Waals surface area contributed by atoms with Gasteiger partial charge in [-0.15, -0.1) is 0 Å². The number of likely N-dealkylation sites (N-methyl/N-ethyl adjacent to an activating group) is 1. The van der Waals surface area contributed by atoms with Crippen molar-refractivity contribution in [2.75, 3.05) is 7.05 Å². The zero-order chi connectivity index (χ0) is 15.2. The van der Waals surface area contributed by atoms with Crippen molar-refractivity contribution in [2.45, 2.75) is 51.7 Å². The van der Waals surface area contributed by atoms with Crippen LogP contribution in [0.1, 0.15) is 44.2 Å². The van der Waals surface area contributed by atoms with Gasteiger partial charge in [0.2, 0.25) is 0 Å². The van der Waals surface area contributed by atoms with Crippen molar-refractivity contribution < 1.29 is 13.2 Å². The Hall–Kier alpha value is -1.03. The molecule has 0 spiro atoms. The summed E-state index contributed by atoms with van der Waals surface area (Å²) >= 11 is 0. The predicted molar refractivity (Wildman–Crippen MR) is 76.7 cm³/mol. The summed E-state index contributed by atoms with van der Waals surface area (Å²) in [5.41, 5.74) is 0.178. The maximum Gasteiger partial charge on any atom is 0.416 e. The number of halogens is 3. The third kappa shape index (κ3) is 5.16. The van der Waals surface area contributed by atoms with Gasteiger partial charge in [-0.05, 0) is 37.4 Å². The van der Waals surface area contributed by atoms with Crippen LogP contribution in [0.3, 0.4) is 0 Å². The number of benzene rings is 1. The largest absolute Gasteiger partial charge is 0.416 e. The second-order valence-corrected chi connectivity index (χ2v) is 5.31. The molecule has 0 saturated carbocycles. The lowest BCUT2D eigenvalue weighted by molar-refractivity contribution is -0.137. The van der Waals surface area contributed by atoms with Gasteiger partial charge in [0.05, 0.1) is 5.56 Å². The second kappa shape index (κ2) is 7.67. The fourth-order valence-corrected chi connectivity index (χ4v) is 2.49. The van der Waals surface area contributed by atoms with E-state index in [0.29, 0.717) is 12.3 Å². The average Bonchev–Trinajstić information content (AvgIpc) is 2.42. The molecule has 0 heterocycles. The Balaban J connectivity index is 2.75. The summed E-state index contributed by atoms with van der Waals surface area (Å²) in [6.07, 6.45) is -0.411. The summed E-state index contributed by atoms with van der Waals surface area (Å²) in [5, 5.41) is 3.23. The van der Waals surface area contributed by atoms with Crippen LogP contribution >= 0.6 is 0 Å². The number of hydrogen-bond acceptors (Lipinski definition) is 1. The predicted octanol–water partition coefficient (Wildman–Crippen LogP) is 4.66. The molecule has 1 nitrogen and oxygen atoms in total. The maximum absolute atomic E-state index is 12.7. The molecule has 1 aromatic carbocycles. The van der Waals surface area contributed by atoms with E-state index in [4.69, 9.17) is 0 Å². The van der Waals surface area contributed by atoms with Gasteiger partial charge in [-0.2, -0.15) is 13.2 Å². The Morgan fingerprint density at radius 2 is 1.80 bits per heavy atom. The van der Waals surface area contributed by atoms with E-state index in [1.807, 2.05) is 7.05 Å². The molecule has 0 saturated heterocycles. The second-order valence-electron chi connectivity index (χ2n) is 5.31. The zero-order valence-corrected chi connectivity index (χ0v) is 12.4. The van der Waals surface area contributed by atoms with Crippen LogP contribution in [0.4, 0.5) is 13.2 Å². The minimum atomic E-state index is -4.26. The van der Waals surface area contributed by atoms with Gasteiger partial charge in [0.1, 0.15) is 0 Å². The molecular weight excluding hydrogens is 263 g/mol. The molecule has 0 bridgehead atoms. The lowest BCUT2D eigenvalue weighted by atomic mass is 9.91. The highest BCUT2D eigenvalue weighted by Gasteiger charge is 2.30. The highest BCUT2D eigenvalue weighted by atomic mass is 19.4. The first kappa shape index (κ1) is 17.0. The Morgan fingerprint density at radius 3 is 2.30 bits per heavy atom. The van der Waals surface area contributed by atoms with Gasteiger partial charge in [0.15, 0.2) is 0 Å². The van der Waals surface area contributed by atoms with Crippen LogP contribution in [-0.4, -0.2) is 13.1 Å². The Kier molecular flexibility index (Phi) is 6.53. The van der Waals surface area contributed by atoms with Gasteiger partial charge in [-0.3, -0.25) is 0 Å². The third-order valence-corrected chi connectivity index (χ3v) is 3.92. The van der Waals surface area contributed by atoms with Crippen LogP contribution in [0, 0.1) is 5.92 Å². The molecule has 1 rings (SSSR count). The number of rotatable bonds is 7. The summed E-state index contributed by atoms with van der Waals surface area (Å²) in [7, 11) is 1.88. The molecule has 0 aliphatic rings. The van der Waals surface area contributed by atoms with Gasteiger partial charge in [-0.1, -0.05) is 44.9 Å². The van der Waals surface area contributed by atoms with Crippen LogP contribution in [0.25, 0.3) is 0 Å². The molecular formula is C16H24F3N. The smallest absolute Gasteiger partial charge is 0.317 e. The highest BCUT2D eigenvalue weighted by Crippen LogP contribution is 2.30. The fourth-order valence-electron chi connectivity index (χ4n) is 2.49. The Bertz CT molecular complexity index is 397. The lowest BCUT2D eigenvalue weighted by Crippen LogP contribution is -2.30. The molecule has 0 aliphatic heterocycles. The standard InChI is InChI=1S/C16H24F3N/c1-4-12(5-2)10-15(20-3)11-13-7-6-8-14(9-13)16(17,18)19/h6-9,12,15,20H,4-5,10-11H2,1-3H3. The van der Waals surface area contributed by atoms with Crippen LogP contribution in [-0.2, 0) is 12.6 Å². The average molecular weight is 287 g/mol. The minimum Gasteiger partial charge on any atom is -0.317 e. The van der Waals surface area contributed by atoms with Gasteiger partial charge >= 0.3 is 6.18 Å². The van der Waals surface area contributed by atoms with Gasteiger partial charge in [0, 0.05) is 6.04 Å². The van der Waals surface area contributed by atoms with E-state index in [2.05, 4.69) is 19.2 Å². The molecule has 0 aliphatic carbocycles. The van der Waals surface area contributed by atoms with Crippen LogP contribution in [0.5, 0.6) is 0 Å². The zero-order valence-electron chi connectivity index (χ0n) is 12.4. The van der Waals surface area contributed by atoms with Crippen molar-refractivity contribution in [1.29, 1.82) is 0 Å². The first-order valence-corrected chi connectivity index (χ1v) is 7.24. The maximum atomic E-state index is 12.7. The van der Waals surface area contributed by atoms with Gasteiger partial charge in [0.25, 0.3) is 0 Å². The fraction of sp³-hybridized carbons (Fsp3) is 0.625. The molecule has 0 radical (unpaired) electrons. The number of alkyl halides is 3. The summed E-state index contributed by atoms with van der Waals surface area (Å²) < 4.78 is 38.1. The van der Waals surface area contributed by atoms with Crippen LogP contribution in [0.15, 0.2) is 24.3 Å². The Morgan fingerprint density at radius 1 is 1.15 bits per heavy atom. The van der Waals surface area contributed by atoms with E-state index < -0.39 is 11.7 Å². The van der Waals surface area contributed by atoms with Gasteiger partial charge in [-0.25, -0.2) is 0 Å².